The molecule has 0 aromatic carbocycles. The largest absolute Gasteiger partial charge is 0.370 e. The molecule has 21 heavy (non-hydrogen) atoms. The Kier molecular flexibility index (Phi) is 4.40. The topological polar surface area (TPSA) is 97.2 Å². The van der Waals surface area contributed by atoms with E-state index in [4.69, 9.17) is 0 Å². The Morgan fingerprint density at radius 1 is 1.52 bits per heavy atom. The summed E-state index contributed by atoms with van der Waals surface area (Å²) in [6.07, 6.45) is 4.45. The van der Waals surface area contributed by atoms with Crippen molar-refractivity contribution in [3.05, 3.63) is 27.9 Å². The van der Waals surface area contributed by atoms with Crippen LogP contribution in [0, 0.1) is 15.5 Å². The molecule has 1 saturated carbocycles. The molecule has 7 nitrogen and oxygen atoms in total. The quantitative estimate of drug-likeness (QED) is 0.619. The second-order valence-corrected chi connectivity index (χ2v) is 5.72. The molecular formula is C14H20N4O3. The number of anilines is 1. The van der Waals surface area contributed by atoms with Crippen LogP contribution >= 0.6 is 0 Å². The fourth-order valence-electron chi connectivity index (χ4n) is 2.40. The summed E-state index contributed by atoms with van der Waals surface area (Å²) in [5, 5.41) is 16.8. The second-order valence-electron chi connectivity index (χ2n) is 5.72. The predicted molar refractivity (Wildman–Crippen MR) is 79.3 cm³/mol. The first-order valence-corrected chi connectivity index (χ1v) is 7.12. The standard InChI is InChI=1S/C14H20N4O3/c1-3-15-12-7-10(11(8-16-12)18(20)21)13(19)17-9-14(2)5-4-6-14/h7-8H,3-6,9H2,1-2H3,(H,15,16)(H,17,19). The Bertz CT molecular complexity index is 555. The van der Waals surface area contributed by atoms with Crippen molar-refractivity contribution in [3.63, 3.8) is 0 Å². The second kappa shape index (κ2) is 6.07. The molecule has 1 aliphatic carbocycles. The van der Waals surface area contributed by atoms with E-state index in [9.17, 15) is 14.9 Å². The molecule has 0 unspecified atom stereocenters. The molecule has 0 spiro atoms. The fourth-order valence-corrected chi connectivity index (χ4v) is 2.40. The minimum absolute atomic E-state index is 0.0499. The van der Waals surface area contributed by atoms with Gasteiger partial charge in [-0.3, -0.25) is 14.9 Å². The molecule has 1 aromatic rings. The Morgan fingerprint density at radius 2 is 2.24 bits per heavy atom. The van der Waals surface area contributed by atoms with Gasteiger partial charge in [0.15, 0.2) is 0 Å². The fraction of sp³-hybridized carbons (Fsp3) is 0.571. The van der Waals surface area contributed by atoms with Crippen LogP contribution in [0.15, 0.2) is 12.3 Å². The van der Waals surface area contributed by atoms with Gasteiger partial charge in [0.2, 0.25) is 0 Å². The van der Waals surface area contributed by atoms with Gasteiger partial charge >= 0.3 is 0 Å². The van der Waals surface area contributed by atoms with Gasteiger partial charge in [-0.2, -0.15) is 0 Å². The van der Waals surface area contributed by atoms with Crippen molar-refractivity contribution in [2.24, 2.45) is 5.41 Å². The summed E-state index contributed by atoms with van der Waals surface area (Å²) in [6, 6.07) is 1.43. The van der Waals surface area contributed by atoms with Gasteiger partial charge in [-0.15, -0.1) is 0 Å². The van der Waals surface area contributed by atoms with Crippen molar-refractivity contribution in [3.8, 4) is 0 Å². The number of aromatic nitrogens is 1. The van der Waals surface area contributed by atoms with Gasteiger partial charge in [0, 0.05) is 19.2 Å². The number of nitro groups is 1. The molecule has 0 radical (unpaired) electrons. The normalized spacial score (nSPS) is 15.9. The minimum Gasteiger partial charge on any atom is -0.370 e. The van der Waals surface area contributed by atoms with Gasteiger partial charge < -0.3 is 10.6 Å². The van der Waals surface area contributed by atoms with Crippen LogP contribution in [0.1, 0.15) is 43.5 Å². The molecule has 1 fully saturated rings. The highest BCUT2D eigenvalue weighted by Gasteiger charge is 2.32. The van der Waals surface area contributed by atoms with Gasteiger partial charge in [-0.05, 0) is 25.2 Å². The van der Waals surface area contributed by atoms with Crippen LogP contribution in [0.2, 0.25) is 0 Å². The van der Waals surface area contributed by atoms with Gasteiger partial charge in [0.05, 0.1) is 4.92 Å². The lowest BCUT2D eigenvalue weighted by atomic mass is 9.70. The van der Waals surface area contributed by atoms with Crippen molar-refractivity contribution in [2.75, 3.05) is 18.4 Å². The lowest BCUT2D eigenvalue weighted by Gasteiger charge is -2.38. The third kappa shape index (κ3) is 3.48. The van der Waals surface area contributed by atoms with Gasteiger partial charge in [0.25, 0.3) is 11.6 Å². The Balaban J connectivity index is 2.16. The van der Waals surface area contributed by atoms with Crippen molar-refractivity contribution >= 4 is 17.4 Å². The number of carbonyl (C=O) groups excluding carboxylic acids is 1. The van der Waals surface area contributed by atoms with Crippen LogP contribution in [0.5, 0.6) is 0 Å². The number of carbonyl (C=O) groups is 1. The van der Waals surface area contributed by atoms with E-state index in [-0.39, 0.29) is 16.7 Å². The van der Waals surface area contributed by atoms with Crippen molar-refractivity contribution < 1.29 is 9.72 Å². The summed E-state index contributed by atoms with van der Waals surface area (Å²) < 4.78 is 0. The van der Waals surface area contributed by atoms with Crippen LogP contribution in [-0.4, -0.2) is 28.9 Å². The molecule has 0 aliphatic heterocycles. The average molecular weight is 292 g/mol. The Hall–Kier alpha value is -2.18. The molecule has 2 N–H and O–H groups in total. The Labute approximate surface area is 123 Å². The molecule has 1 aliphatic rings. The first kappa shape index (κ1) is 15.2. The third-order valence-electron chi connectivity index (χ3n) is 3.92. The maximum absolute atomic E-state index is 12.2. The molecule has 0 bridgehead atoms. The van der Waals surface area contributed by atoms with E-state index in [0.29, 0.717) is 18.9 Å². The number of nitrogens with one attached hydrogen (secondary N) is 2. The van der Waals surface area contributed by atoms with Crippen molar-refractivity contribution in [1.82, 2.24) is 10.3 Å². The Morgan fingerprint density at radius 3 is 2.76 bits per heavy atom. The maximum Gasteiger partial charge on any atom is 0.300 e. The highest BCUT2D eigenvalue weighted by molar-refractivity contribution is 5.98. The molecule has 7 heteroatoms. The molecule has 2 rings (SSSR count). The first-order valence-electron chi connectivity index (χ1n) is 7.12. The molecule has 0 atom stereocenters. The van der Waals surface area contributed by atoms with E-state index in [2.05, 4.69) is 22.5 Å². The molecule has 1 aromatic heterocycles. The van der Waals surface area contributed by atoms with E-state index in [1.54, 1.807) is 0 Å². The molecule has 1 amide bonds. The zero-order valence-corrected chi connectivity index (χ0v) is 12.3. The minimum atomic E-state index is -0.581. The van der Waals surface area contributed by atoms with E-state index in [1.807, 2.05) is 6.92 Å². The van der Waals surface area contributed by atoms with Gasteiger partial charge in [-0.1, -0.05) is 13.3 Å². The van der Waals surface area contributed by atoms with E-state index >= 15 is 0 Å². The molecule has 114 valence electrons. The first-order chi connectivity index (χ1) is 9.95. The highest BCUT2D eigenvalue weighted by Crippen LogP contribution is 2.39. The van der Waals surface area contributed by atoms with E-state index in [1.165, 1.54) is 12.5 Å². The van der Waals surface area contributed by atoms with Crippen LogP contribution < -0.4 is 10.6 Å². The number of amides is 1. The monoisotopic (exact) mass is 292 g/mol. The maximum atomic E-state index is 12.2. The summed E-state index contributed by atoms with van der Waals surface area (Å²) in [5.74, 6) is 0.0412. The zero-order valence-electron chi connectivity index (χ0n) is 12.3. The van der Waals surface area contributed by atoms with Gasteiger partial charge in [-0.25, -0.2) is 4.98 Å². The highest BCUT2D eigenvalue weighted by atomic mass is 16.6. The average Bonchev–Trinajstić information content (AvgIpc) is 2.42. The summed E-state index contributed by atoms with van der Waals surface area (Å²) in [7, 11) is 0. The third-order valence-corrected chi connectivity index (χ3v) is 3.92. The van der Waals surface area contributed by atoms with Crippen LogP contribution in [0.4, 0.5) is 11.5 Å². The summed E-state index contributed by atoms with van der Waals surface area (Å²) in [4.78, 5) is 26.6. The summed E-state index contributed by atoms with van der Waals surface area (Å²) >= 11 is 0. The molecular weight excluding hydrogens is 272 g/mol. The van der Waals surface area contributed by atoms with Crippen molar-refractivity contribution in [2.45, 2.75) is 33.1 Å². The lowest BCUT2D eigenvalue weighted by Crippen LogP contribution is -2.40. The smallest absolute Gasteiger partial charge is 0.300 e. The SMILES string of the molecule is CCNc1cc(C(=O)NCC2(C)CCC2)c([N+](=O)[O-])cn1. The predicted octanol–water partition coefficient (Wildman–Crippen LogP) is 2.34. The number of hydrogen-bond donors (Lipinski definition) is 2. The molecule has 0 saturated heterocycles. The summed E-state index contributed by atoms with van der Waals surface area (Å²) in [6.45, 7) is 5.17. The summed E-state index contributed by atoms with van der Waals surface area (Å²) in [5.41, 5.74) is -0.0936. The van der Waals surface area contributed by atoms with E-state index in [0.717, 1.165) is 19.0 Å². The van der Waals surface area contributed by atoms with Crippen LogP contribution in [0.3, 0.4) is 0 Å². The van der Waals surface area contributed by atoms with E-state index < -0.39 is 10.8 Å². The number of nitrogens with zero attached hydrogens (tertiary/aromatic N) is 2. The van der Waals surface area contributed by atoms with Crippen molar-refractivity contribution in [1.29, 1.82) is 0 Å². The zero-order chi connectivity index (χ0) is 15.5. The number of pyridine rings is 1. The lowest BCUT2D eigenvalue weighted by molar-refractivity contribution is -0.385. The number of hydrogen-bond acceptors (Lipinski definition) is 5. The van der Waals surface area contributed by atoms with Crippen LogP contribution in [-0.2, 0) is 0 Å². The van der Waals surface area contributed by atoms with Crippen LogP contribution in [0.25, 0.3) is 0 Å². The van der Waals surface area contributed by atoms with Gasteiger partial charge in [0.1, 0.15) is 17.6 Å². The molecule has 1 heterocycles. The number of rotatable bonds is 6.